The van der Waals surface area contributed by atoms with Crippen LogP contribution in [0.25, 0.3) is 10.8 Å². The molecule has 7 nitrogen and oxygen atoms in total. The molecule has 28 heavy (non-hydrogen) atoms. The van der Waals surface area contributed by atoms with Crippen LogP contribution in [0.5, 0.6) is 0 Å². The Morgan fingerprint density at radius 1 is 1.07 bits per heavy atom. The number of rotatable bonds is 4. The summed E-state index contributed by atoms with van der Waals surface area (Å²) < 4.78 is 27.1. The van der Waals surface area contributed by atoms with Gasteiger partial charge in [0.05, 0.1) is 4.90 Å². The fourth-order valence-electron chi connectivity index (χ4n) is 2.91. The Morgan fingerprint density at radius 2 is 1.82 bits per heavy atom. The largest absolute Gasteiger partial charge is 0.367 e. The van der Waals surface area contributed by atoms with Gasteiger partial charge < -0.3 is 11.1 Å². The van der Waals surface area contributed by atoms with Gasteiger partial charge in [-0.15, -0.1) is 9.19 Å². The lowest BCUT2D eigenvalue weighted by Gasteiger charge is -2.08. The minimum absolute atomic E-state index is 0.0723. The fraction of sp³-hybridized carbons (Fsp3) is 0.0526. The van der Waals surface area contributed by atoms with Crippen LogP contribution >= 0.6 is 11.6 Å². The van der Waals surface area contributed by atoms with Crippen molar-refractivity contribution in [1.29, 1.82) is 0 Å². The van der Waals surface area contributed by atoms with Crippen molar-refractivity contribution < 1.29 is 8.42 Å². The van der Waals surface area contributed by atoms with Gasteiger partial charge in [-0.1, -0.05) is 48.0 Å². The zero-order valence-electron chi connectivity index (χ0n) is 14.8. The lowest BCUT2D eigenvalue weighted by molar-refractivity contribution is 0.582. The number of aromatic nitrogens is 3. The third-order valence-corrected chi connectivity index (χ3v) is 6.33. The summed E-state index contributed by atoms with van der Waals surface area (Å²) in [5.41, 5.74) is 7.40. The molecule has 0 radical (unpaired) electrons. The van der Waals surface area contributed by atoms with E-state index in [0.717, 1.165) is 15.0 Å². The SMILES string of the molecule is Cc1cc(Nc2nc(N)n(S(=O)(=O)c3cccc4ccccc34)n2)ccc1Cl. The lowest BCUT2D eigenvalue weighted by Crippen LogP contribution is -2.17. The number of benzene rings is 3. The van der Waals surface area contributed by atoms with Gasteiger partial charge in [0.25, 0.3) is 10.0 Å². The van der Waals surface area contributed by atoms with E-state index in [0.29, 0.717) is 16.1 Å². The van der Waals surface area contributed by atoms with Gasteiger partial charge >= 0.3 is 0 Å². The first kappa shape index (κ1) is 18.3. The van der Waals surface area contributed by atoms with Gasteiger partial charge in [0.15, 0.2) is 0 Å². The van der Waals surface area contributed by atoms with Gasteiger partial charge in [-0.2, -0.15) is 13.4 Å². The maximum Gasteiger partial charge on any atom is 0.286 e. The zero-order chi connectivity index (χ0) is 19.9. The molecule has 3 aromatic carbocycles. The first-order valence-corrected chi connectivity index (χ1v) is 10.2. The second kappa shape index (κ2) is 6.81. The number of nitrogens with one attached hydrogen (secondary N) is 1. The summed E-state index contributed by atoms with van der Waals surface area (Å²) in [5.74, 6) is -0.163. The third-order valence-electron chi connectivity index (χ3n) is 4.27. The van der Waals surface area contributed by atoms with Crippen LogP contribution in [0.4, 0.5) is 17.6 Å². The molecule has 9 heteroatoms. The predicted molar refractivity (Wildman–Crippen MR) is 110 cm³/mol. The lowest BCUT2D eigenvalue weighted by atomic mass is 10.1. The standard InChI is InChI=1S/C19H16ClN5O2S/c1-12-11-14(9-10-16(12)20)22-19-23-18(21)25(24-19)28(26,27)17-8-4-6-13-5-2-3-7-15(13)17/h2-11H,1H3,(H3,21,22,23,24). The molecule has 0 aliphatic rings. The van der Waals surface area contributed by atoms with Gasteiger partial charge in [-0.3, -0.25) is 0 Å². The number of hydrogen-bond donors (Lipinski definition) is 2. The average molecular weight is 414 g/mol. The molecule has 0 aliphatic heterocycles. The maximum absolute atomic E-state index is 13.2. The first-order valence-electron chi connectivity index (χ1n) is 8.35. The first-order chi connectivity index (χ1) is 13.4. The van der Waals surface area contributed by atoms with Crippen LogP contribution in [-0.2, 0) is 10.0 Å². The number of nitrogens with two attached hydrogens (primary N) is 1. The summed E-state index contributed by atoms with van der Waals surface area (Å²) in [7, 11) is -4.03. The van der Waals surface area contributed by atoms with Crippen molar-refractivity contribution in [2.45, 2.75) is 11.8 Å². The molecule has 1 heterocycles. The summed E-state index contributed by atoms with van der Waals surface area (Å²) in [6, 6.07) is 17.5. The normalized spacial score (nSPS) is 11.6. The number of fused-ring (bicyclic) bond motifs is 1. The van der Waals surface area contributed by atoms with E-state index in [4.69, 9.17) is 17.3 Å². The predicted octanol–water partition coefficient (Wildman–Crippen LogP) is 3.96. The second-order valence-corrected chi connectivity index (χ2v) is 8.35. The molecule has 0 spiro atoms. The molecule has 0 bridgehead atoms. The third kappa shape index (κ3) is 3.17. The summed E-state index contributed by atoms with van der Waals surface area (Å²) in [5, 5.41) is 9.02. The highest BCUT2D eigenvalue weighted by molar-refractivity contribution is 7.90. The van der Waals surface area contributed by atoms with E-state index in [2.05, 4.69) is 15.4 Å². The topological polar surface area (TPSA) is 103 Å². The van der Waals surface area contributed by atoms with E-state index >= 15 is 0 Å². The van der Waals surface area contributed by atoms with E-state index in [9.17, 15) is 8.42 Å². The molecule has 0 atom stereocenters. The van der Waals surface area contributed by atoms with Crippen LogP contribution in [0.2, 0.25) is 5.02 Å². The van der Waals surface area contributed by atoms with Crippen molar-refractivity contribution in [3.05, 3.63) is 71.2 Å². The fourth-order valence-corrected chi connectivity index (χ4v) is 4.40. The van der Waals surface area contributed by atoms with E-state index < -0.39 is 10.0 Å². The summed E-state index contributed by atoms with van der Waals surface area (Å²) in [6.07, 6.45) is 0. The molecule has 4 rings (SSSR count). The number of nitrogen functional groups attached to an aromatic ring is 1. The quantitative estimate of drug-likeness (QED) is 0.525. The number of halogens is 1. The number of hydrogen-bond acceptors (Lipinski definition) is 6. The van der Waals surface area contributed by atoms with Gasteiger partial charge in [0.2, 0.25) is 11.9 Å². The monoisotopic (exact) mass is 413 g/mol. The molecule has 142 valence electrons. The van der Waals surface area contributed by atoms with Crippen molar-refractivity contribution in [2.24, 2.45) is 0 Å². The molecule has 0 aliphatic carbocycles. The van der Waals surface area contributed by atoms with Crippen LogP contribution in [0.1, 0.15) is 5.56 Å². The second-order valence-electron chi connectivity index (χ2n) is 6.21. The maximum atomic E-state index is 13.2. The number of nitrogens with zero attached hydrogens (tertiary/aromatic N) is 3. The highest BCUT2D eigenvalue weighted by Gasteiger charge is 2.24. The van der Waals surface area contributed by atoms with Crippen molar-refractivity contribution in [3.8, 4) is 0 Å². The van der Waals surface area contributed by atoms with Gasteiger partial charge in [0, 0.05) is 16.1 Å². The van der Waals surface area contributed by atoms with Gasteiger partial charge in [0.1, 0.15) is 0 Å². The van der Waals surface area contributed by atoms with Crippen molar-refractivity contribution in [2.75, 3.05) is 11.1 Å². The Balaban J connectivity index is 1.75. The van der Waals surface area contributed by atoms with Crippen LogP contribution in [0.3, 0.4) is 0 Å². The molecule has 0 saturated heterocycles. The van der Waals surface area contributed by atoms with Gasteiger partial charge in [-0.25, -0.2) is 0 Å². The van der Waals surface area contributed by atoms with E-state index in [1.807, 2.05) is 25.1 Å². The van der Waals surface area contributed by atoms with Crippen LogP contribution in [0, 0.1) is 6.92 Å². The van der Waals surface area contributed by atoms with Crippen LogP contribution < -0.4 is 11.1 Å². The number of aryl methyl sites for hydroxylation is 1. The highest BCUT2D eigenvalue weighted by Crippen LogP contribution is 2.27. The Hall–Kier alpha value is -3.10. The number of anilines is 3. The Bertz CT molecular complexity index is 1300. The van der Waals surface area contributed by atoms with Crippen LogP contribution in [0.15, 0.2) is 65.6 Å². The molecule has 0 amide bonds. The molecule has 0 saturated carbocycles. The molecular formula is C19H16ClN5O2S. The average Bonchev–Trinajstić information content (AvgIpc) is 3.05. The van der Waals surface area contributed by atoms with Crippen molar-refractivity contribution in [1.82, 2.24) is 14.2 Å². The van der Waals surface area contributed by atoms with Crippen LogP contribution in [-0.4, -0.2) is 22.6 Å². The van der Waals surface area contributed by atoms with E-state index in [-0.39, 0.29) is 16.8 Å². The summed E-state index contributed by atoms with van der Waals surface area (Å²) >= 11 is 6.03. The Morgan fingerprint density at radius 3 is 2.61 bits per heavy atom. The van der Waals surface area contributed by atoms with Gasteiger partial charge in [-0.05, 0) is 42.1 Å². The Labute approximate surface area is 166 Å². The minimum Gasteiger partial charge on any atom is -0.367 e. The summed E-state index contributed by atoms with van der Waals surface area (Å²) in [4.78, 5) is 4.14. The van der Waals surface area contributed by atoms with E-state index in [1.54, 1.807) is 36.4 Å². The van der Waals surface area contributed by atoms with E-state index in [1.165, 1.54) is 6.07 Å². The molecule has 0 unspecified atom stereocenters. The molecule has 4 aromatic rings. The Kier molecular flexibility index (Phi) is 4.44. The molecule has 0 fully saturated rings. The molecular weight excluding hydrogens is 398 g/mol. The molecule has 1 aromatic heterocycles. The highest BCUT2D eigenvalue weighted by atomic mass is 35.5. The summed E-state index contributed by atoms with van der Waals surface area (Å²) in [6.45, 7) is 1.86. The molecule has 3 N–H and O–H groups in total. The smallest absolute Gasteiger partial charge is 0.286 e. The minimum atomic E-state index is -4.03. The van der Waals surface area contributed by atoms with Crippen molar-refractivity contribution in [3.63, 3.8) is 0 Å². The zero-order valence-corrected chi connectivity index (χ0v) is 16.4. The van der Waals surface area contributed by atoms with Crippen molar-refractivity contribution >= 4 is 50.0 Å².